The van der Waals surface area contributed by atoms with E-state index in [1.165, 1.54) is 34.9 Å². The molecule has 1 fully saturated rings. The molecule has 0 saturated carbocycles. The zero-order valence-electron chi connectivity index (χ0n) is 14.6. The number of amides is 2. The smallest absolute Gasteiger partial charge is 0.233 e. The van der Waals surface area contributed by atoms with Gasteiger partial charge in [-0.2, -0.15) is 0 Å². The number of carbonyl (C=O) groups excluding carboxylic acids is 2. The topological polar surface area (TPSA) is 118 Å². The molecule has 2 amide bonds. The van der Waals surface area contributed by atoms with Gasteiger partial charge in [-0.3, -0.25) is 9.59 Å². The maximum Gasteiger partial charge on any atom is 0.233 e. The van der Waals surface area contributed by atoms with Crippen LogP contribution in [0.25, 0.3) is 0 Å². The first kappa shape index (κ1) is 21.5. The summed E-state index contributed by atoms with van der Waals surface area (Å²) >= 11 is 3.92. The summed E-state index contributed by atoms with van der Waals surface area (Å²) in [6.45, 7) is 4.39. The van der Waals surface area contributed by atoms with Crippen LogP contribution in [0.4, 0.5) is 0 Å². The third-order valence-electron chi connectivity index (χ3n) is 3.51. The van der Waals surface area contributed by atoms with Crippen molar-refractivity contribution in [2.24, 2.45) is 0 Å². The fourth-order valence-corrected chi connectivity index (χ4v) is 6.85. The highest BCUT2D eigenvalue weighted by Gasteiger charge is 2.30. The Morgan fingerprint density at radius 1 is 1.35 bits per heavy atom. The zero-order chi connectivity index (χ0) is 19.2. The second-order valence-corrected chi connectivity index (χ2v) is 11.9. The third kappa shape index (κ3) is 7.05. The van der Waals surface area contributed by atoms with Crippen molar-refractivity contribution in [3.05, 3.63) is 0 Å². The lowest BCUT2D eigenvalue weighted by molar-refractivity contribution is -0.121. The van der Waals surface area contributed by atoms with Crippen LogP contribution in [0.5, 0.6) is 0 Å². The molecule has 1 saturated heterocycles. The van der Waals surface area contributed by atoms with Crippen LogP contribution in [0.1, 0.15) is 26.7 Å². The molecule has 26 heavy (non-hydrogen) atoms. The van der Waals surface area contributed by atoms with Crippen molar-refractivity contribution in [1.82, 2.24) is 20.8 Å². The summed E-state index contributed by atoms with van der Waals surface area (Å²) in [6.07, 6.45) is 1.36. The van der Waals surface area contributed by atoms with E-state index in [-0.39, 0.29) is 35.1 Å². The SMILES string of the molecule is CCCNC(=O)CSc1nnc(S[C@H](C)C(=O)N[C@@H]2CCS(=O)(=O)C2)s1. The molecule has 2 atom stereocenters. The van der Waals surface area contributed by atoms with Gasteiger partial charge in [-0.05, 0) is 19.8 Å². The van der Waals surface area contributed by atoms with E-state index in [0.29, 0.717) is 21.6 Å². The van der Waals surface area contributed by atoms with E-state index in [1.54, 1.807) is 6.92 Å². The maximum atomic E-state index is 12.2. The average molecular weight is 439 g/mol. The highest BCUT2D eigenvalue weighted by Crippen LogP contribution is 2.31. The Bertz CT molecular complexity index is 737. The van der Waals surface area contributed by atoms with Gasteiger partial charge < -0.3 is 10.6 Å². The first-order valence-electron chi connectivity index (χ1n) is 8.19. The molecule has 1 aromatic heterocycles. The normalized spacial score (nSPS) is 19.8. The quantitative estimate of drug-likeness (QED) is 0.547. The molecule has 0 radical (unpaired) electrons. The lowest BCUT2D eigenvalue weighted by Crippen LogP contribution is -2.39. The van der Waals surface area contributed by atoms with Gasteiger partial charge >= 0.3 is 0 Å². The molecule has 146 valence electrons. The molecule has 8 nitrogen and oxygen atoms in total. The van der Waals surface area contributed by atoms with Crippen molar-refractivity contribution in [3.8, 4) is 0 Å². The van der Waals surface area contributed by atoms with Crippen LogP contribution in [0.3, 0.4) is 0 Å². The van der Waals surface area contributed by atoms with Gasteiger partial charge in [0, 0.05) is 12.6 Å². The molecule has 1 aliphatic heterocycles. The van der Waals surface area contributed by atoms with Crippen molar-refractivity contribution in [3.63, 3.8) is 0 Å². The van der Waals surface area contributed by atoms with Crippen LogP contribution in [0, 0.1) is 0 Å². The minimum Gasteiger partial charge on any atom is -0.355 e. The van der Waals surface area contributed by atoms with Crippen LogP contribution < -0.4 is 10.6 Å². The molecule has 0 aromatic carbocycles. The van der Waals surface area contributed by atoms with Gasteiger partial charge in [0.1, 0.15) is 0 Å². The summed E-state index contributed by atoms with van der Waals surface area (Å²) in [5, 5.41) is 13.2. The Hall–Kier alpha value is -0.850. The summed E-state index contributed by atoms with van der Waals surface area (Å²) in [7, 11) is -3.02. The molecular weight excluding hydrogens is 416 g/mol. The van der Waals surface area contributed by atoms with Crippen LogP contribution in [-0.2, 0) is 19.4 Å². The number of sulfone groups is 1. The Balaban J connectivity index is 1.76. The second-order valence-electron chi connectivity index (χ2n) is 5.84. The van der Waals surface area contributed by atoms with E-state index in [4.69, 9.17) is 0 Å². The predicted octanol–water partition coefficient (Wildman–Crippen LogP) is 0.940. The van der Waals surface area contributed by atoms with Gasteiger partial charge in [0.15, 0.2) is 18.5 Å². The summed E-state index contributed by atoms with van der Waals surface area (Å²) in [5.41, 5.74) is 0. The number of aromatic nitrogens is 2. The highest BCUT2D eigenvalue weighted by atomic mass is 32.2. The van der Waals surface area contributed by atoms with Crippen LogP contribution in [0.15, 0.2) is 8.68 Å². The van der Waals surface area contributed by atoms with Crippen molar-refractivity contribution < 1.29 is 18.0 Å². The van der Waals surface area contributed by atoms with Crippen LogP contribution >= 0.6 is 34.9 Å². The third-order valence-corrected chi connectivity index (χ3v) is 8.52. The number of thioether (sulfide) groups is 2. The van der Waals surface area contributed by atoms with E-state index in [9.17, 15) is 18.0 Å². The minimum atomic E-state index is -3.02. The molecule has 0 aliphatic carbocycles. The number of nitrogens with zero attached hydrogens (tertiary/aromatic N) is 2. The van der Waals surface area contributed by atoms with E-state index >= 15 is 0 Å². The van der Waals surface area contributed by atoms with Gasteiger partial charge in [0.05, 0.1) is 22.5 Å². The fraction of sp³-hybridized carbons (Fsp3) is 0.714. The standard InChI is InChI=1S/C14H22N4O4S4/c1-3-5-15-11(19)7-23-13-17-18-14(25-13)24-9(2)12(20)16-10-4-6-26(21,22)8-10/h9-10H,3-8H2,1-2H3,(H,15,19)(H,16,20)/t9-,10-/m1/s1. The molecule has 12 heteroatoms. The zero-order valence-corrected chi connectivity index (χ0v) is 17.8. The van der Waals surface area contributed by atoms with Gasteiger partial charge in [-0.15, -0.1) is 10.2 Å². The lowest BCUT2D eigenvalue weighted by atomic mass is 10.2. The van der Waals surface area contributed by atoms with Gasteiger partial charge in [0.2, 0.25) is 11.8 Å². The molecule has 0 bridgehead atoms. The van der Waals surface area contributed by atoms with Crippen molar-refractivity contribution in [2.45, 2.75) is 46.7 Å². The van der Waals surface area contributed by atoms with Gasteiger partial charge in [-0.1, -0.05) is 41.8 Å². The van der Waals surface area contributed by atoms with Crippen molar-refractivity contribution >= 4 is 56.5 Å². The number of hydrogen-bond acceptors (Lipinski definition) is 9. The molecular formula is C14H22N4O4S4. The average Bonchev–Trinajstić information content (AvgIpc) is 3.16. The summed E-state index contributed by atoms with van der Waals surface area (Å²) in [6, 6.07) is -0.308. The van der Waals surface area contributed by atoms with Crippen LogP contribution in [0.2, 0.25) is 0 Å². The summed E-state index contributed by atoms with van der Waals surface area (Å²) in [5.74, 6) is 0.171. The highest BCUT2D eigenvalue weighted by molar-refractivity contribution is 8.04. The molecule has 1 aliphatic rings. The largest absolute Gasteiger partial charge is 0.355 e. The van der Waals surface area contributed by atoms with E-state index in [1.807, 2.05) is 6.92 Å². The van der Waals surface area contributed by atoms with Crippen molar-refractivity contribution in [1.29, 1.82) is 0 Å². The number of rotatable bonds is 9. The molecule has 0 unspecified atom stereocenters. The van der Waals surface area contributed by atoms with Gasteiger partial charge in [-0.25, -0.2) is 8.42 Å². The Morgan fingerprint density at radius 3 is 2.73 bits per heavy atom. The number of hydrogen-bond donors (Lipinski definition) is 2. The number of carbonyl (C=O) groups is 2. The van der Waals surface area contributed by atoms with Crippen LogP contribution in [-0.4, -0.2) is 65.5 Å². The molecule has 1 aromatic rings. The second kappa shape index (κ2) is 9.90. The van der Waals surface area contributed by atoms with Crippen molar-refractivity contribution in [2.75, 3.05) is 23.8 Å². The monoisotopic (exact) mass is 438 g/mol. The first-order valence-corrected chi connectivity index (χ1v) is 12.7. The van der Waals surface area contributed by atoms with Gasteiger partial charge in [0.25, 0.3) is 0 Å². The Labute approximate surface area is 165 Å². The first-order chi connectivity index (χ1) is 12.3. The summed E-state index contributed by atoms with van der Waals surface area (Å²) in [4.78, 5) is 23.8. The molecule has 0 spiro atoms. The molecule has 2 rings (SSSR count). The summed E-state index contributed by atoms with van der Waals surface area (Å²) < 4.78 is 24.2. The molecule has 2 heterocycles. The fourth-order valence-electron chi connectivity index (χ4n) is 2.18. The van der Waals surface area contributed by atoms with E-state index < -0.39 is 15.1 Å². The number of nitrogens with one attached hydrogen (secondary N) is 2. The predicted molar refractivity (Wildman–Crippen MR) is 104 cm³/mol. The Kier molecular flexibility index (Phi) is 8.17. The maximum absolute atomic E-state index is 12.2. The molecule has 2 N–H and O–H groups in total. The minimum absolute atomic E-state index is 0.00974. The lowest BCUT2D eigenvalue weighted by Gasteiger charge is -2.14. The van der Waals surface area contributed by atoms with E-state index in [2.05, 4.69) is 20.8 Å². The Morgan fingerprint density at radius 2 is 2.08 bits per heavy atom. The van der Waals surface area contributed by atoms with E-state index in [0.717, 1.165) is 6.42 Å².